The highest BCUT2D eigenvalue weighted by molar-refractivity contribution is 6.21. The van der Waals surface area contributed by atoms with Gasteiger partial charge in [-0.15, -0.1) is 11.6 Å². The molecule has 0 aliphatic carbocycles. The van der Waals surface area contributed by atoms with Crippen LogP contribution in [0.3, 0.4) is 0 Å². The highest BCUT2D eigenvalue weighted by Gasteiger charge is 2.41. The van der Waals surface area contributed by atoms with Crippen molar-refractivity contribution in [2.75, 3.05) is 0 Å². The lowest BCUT2D eigenvalue weighted by molar-refractivity contribution is 0.0508. The van der Waals surface area contributed by atoms with E-state index in [1.165, 1.54) is 11.1 Å². The predicted molar refractivity (Wildman–Crippen MR) is 86.2 cm³/mol. The summed E-state index contributed by atoms with van der Waals surface area (Å²) < 4.78 is 5.92. The molecule has 0 bridgehead atoms. The fraction of sp³-hybridized carbons (Fsp3) is 0.667. The van der Waals surface area contributed by atoms with E-state index in [1.54, 1.807) is 0 Å². The van der Waals surface area contributed by atoms with Crippen LogP contribution in [0, 0.1) is 17.8 Å². The van der Waals surface area contributed by atoms with E-state index in [4.69, 9.17) is 16.3 Å². The van der Waals surface area contributed by atoms with Gasteiger partial charge in [-0.25, -0.2) is 0 Å². The monoisotopic (exact) mass is 294 g/mol. The molecule has 0 aromatic heterocycles. The first-order valence-corrected chi connectivity index (χ1v) is 8.22. The highest BCUT2D eigenvalue weighted by atomic mass is 35.5. The Labute approximate surface area is 128 Å². The van der Waals surface area contributed by atoms with Crippen LogP contribution >= 0.6 is 11.6 Å². The number of benzene rings is 1. The number of ether oxygens (including phenoxy) is 1. The van der Waals surface area contributed by atoms with Crippen molar-refractivity contribution >= 4 is 11.6 Å². The molecule has 0 radical (unpaired) electrons. The zero-order valence-electron chi connectivity index (χ0n) is 13.3. The van der Waals surface area contributed by atoms with E-state index in [0.717, 1.165) is 6.42 Å². The van der Waals surface area contributed by atoms with Gasteiger partial charge in [0, 0.05) is 5.92 Å². The molecule has 1 aliphatic heterocycles. The Hall–Kier alpha value is -0.530. The maximum atomic E-state index is 6.75. The number of rotatable bonds is 4. The quantitative estimate of drug-likeness (QED) is 0.691. The summed E-state index contributed by atoms with van der Waals surface area (Å²) in [6.45, 7) is 11.0. The summed E-state index contributed by atoms with van der Waals surface area (Å²) in [6, 6.07) is 8.83. The van der Waals surface area contributed by atoms with E-state index in [-0.39, 0.29) is 11.5 Å². The lowest BCUT2D eigenvalue weighted by Gasteiger charge is -2.24. The number of halogens is 1. The van der Waals surface area contributed by atoms with Crippen molar-refractivity contribution in [3.05, 3.63) is 35.4 Å². The Kier molecular flexibility index (Phi) is 5.14. The van der Waals surface area contributed by atoms with Crippen molar-refractivity contribution in [1.29, 1.82) is 0 Å². The average Bonchev–Trinajstić information content (AvgIpc) is 2.63. The van der Waals surface area contributed by atoms with Crippen molar-refractivity contribution in [2.24, 2.45) is 17.8 Å². The van der Waals surface area contributed by atoms with Crippen LogP contribution in [0.5, 0.6) is 0 Å². The molecule has 1 nitrogen and oxygen atoms in total. The van der Waals surface area contributed by atoms with Gasteiger partial charge in [0.05, 0.1) is 17.6 Å². The second-order valence-electron chi connectivity index (χ2n) is 6.72. The molecular formula is C18H27ClO. The van der Waals surface area contributed by atoms with Crippen LogP contribution in [-0.2, 0) is 11.2 Å². The summed E-state index contributed by atoms with van der Waals surface area (Å²) in [7, 11) is 0. The third-order valence-corrected chi connectivity index (χ3v) is 5.14. The van der Waals surface area contributed by atoms with Crippen molar-refractivity contribution in [2.45, 2.75) is 58.6 Å². The summed E-state index contributed by atoms with van der Waals surface area (Å²) in [6.07, 6.45) is 1.66. The molecule has 0 saturated carbocycles. The molecule has 2 heteroatoms. The Morgan fingerprint density at radius 3 is 2.10 bits per heavy atom. The zero-order valence-corrected chi connectivity index (χ0v) is 14.0. The Morgan fingerprint density at radius 2 is 1.65 bits per heavy atom. The Bertz CT molecular complexity index is 426. The predicted octanol–water partition coefficient (Wildman–Crippen LogP) is 5.22. The average molecular weight is 295 g/mol. The molecule has 5 atom stereocenters. The second-order valence-corrected chi connectivity index (χ2v) is 7.19. The summed E-state index contributed by atoms with van der Waals surface area (Å²) >= 11 is 6.75. The van der Waals surface area contributed by atoms with Gasteiger partial charge >= 0.3 is 0 Å². The zero-order chi connectivity index (χ0) is 14.9. The molecule has 1 saturated heterocycles. The number of hydrogen-bond donors (Lipinski definition) is 0. The highest BCUT2D eigenvalue weighted by Crippen LogP contribution is 2.43. The first-order valence-electron chi connectivity index (χ1n) is 7.78. The molecule has 1 aliphatic rings. The maximum Gasteiger partial charge on any atom is 0.0641 e. The summed E-state index contributed by atoms with van der Waals surface area (Å²) in [4.78, 5) is 0. The van der Waals surface area contributed by atoms with Crippen LogP contribution in [0.25, 0.3) is 0 Å². The normalized spacial score (nSPS) is 31.8. The minimum atomic E-state index is 0.0399. The van der Waals surface area contributed by atoms with Gasteiger partial charge in [-0.2, -0.15) is 0 Å². The van der Waals surface area contributed by atoms with Gasteiger partial charge in [0.25, 0.3) is 0 Å². The third-order valence-electron chi connectivity index (χ3n) is 4.60. The van der Waals surface area contributed by atoms with Gasteiger partial charge < -0.3 is 4.74 Å². The largest absolute Gasteiger partial charge is 0.375 e. The Morgan fingerprint density at radius 1 is 1.05 bits per heavy atom. The first-order chi connectivity index (χ1) is 9.40. The molecular weight excluding hydrogens is 268 g/mol. The summed E-state index contributed by atoms with van der Waals surface area (Å²) in [5.41, 5.74) is 2.62. The fourth-order valence-corrected chi connectivity index (χ4v) is 3.91. The van der Waals surface area contributed by atoms with Gasteiger partial charge in [0.2, 0.25) is 0 Å². The number of hydrogen-bond acceptors (Lipinski definition) is 1. The smallest absolute Gasteiger partial charge is 0.0641 e. The van der Waals surface area contributed by atoms with Gasteiger partial charge in [-0.3, -0.25) is 0 Å². The van der Waals surface area contributed by atoms with E-state index < -0.39 is 0 Å². The Balaban J connectivity index is 2.11. The van der Waals surface area contributed by atoms with Crippen molar-refractivity contribution < 1.29 is 4.74 Å². The minimum absolute atomic E-state index is 0.0399. The standard InChI is InChI=1S/C18H27ClO/c1-11(2)10-15-6-8-16(9-7-15)18(19)17-12(3)13(4)20-14(17)5/h6-9,11-14,17-18H,10H2,1-5H3. The first kappa shape index (κ1) is 15.9. The maximum absolute atomic E-state index is 6.75. The third kappa shape index (κ3) is 3.38. The van der Waals surface area contributed by atoms with Crippen LogP contribution in [0.4, 0.5) is 0 Å². The lowest BCUT2D eigenvalue weighted by atomic mass is 9.84. The number of alkyl halides is 1. The molecule has 112 valence electrons. The van der Waals surface area contributed by atoms with Gasteiger partial charge in [-0.05, 0) is 43.2 Å². The topological polar surface area (TPSA) is 9.23 Å². The lowest BCUT2D eigenvalue weighted by Crippen LogP contribution is -2.22. The molecule has 1 aromatic carbocycles. The van der Waals surface area contributed by atoms with E-state index in [2.05, 4.69) is 58.9 Å². The van der Waals surface area contributed by atoms with E-state index in [0.29, 0.717) is 23.9 Å². The second kappa shape index (κ2) is 6.49. The van der Waals surface area contributed by atoms with E-state index >= 15 is 0 Å². The molecule has 0 amide bonds. The van der Waals surface area contributed by atoms with Crippen molar-refractivity contribution in [3.8, 4) is 0 Å². The van der Waals surface area contributed by atoms with Gasteiger partial charge in [0.1, 0.15) is 0 Å². The molecule has 20 heavy (non-hydrogen) atoms. The van der Waals surface area contributed by atoms with Crippen LogP contribution in [0.15, 0.2) is 24.3 Å². The summed E-state index contributed by atoms with van der Waals surface area (Å²) in [5.74, 6) is 1.59. The molecule has 0 spiro atoms. The molecule has 5 unspecified atom stereocenters. The minimum Gasteiger partial charge on any atom is -0.375 e. The fourth-order valence-electron chi connectivity index (χ4n) is 3.33. The van der Waals surface area contributed by atoms with Crippen LogP contribution in [0.2, 0.25) is 0 Å². The van der Waals surface area contributed by atoms with Crippen LogP contribution in [-0.4, -0.2) is 12.2 Å². The van der Waals surface area contributed by atoms with Gasteiger partial charge in [-0.1, -0.05) is 45.0 Å². The summed E-state index contributed by atoms with van der Waals surface area (Å²) in [5, 5.41) is 0.0399. The molecule has 1 heterocycles. The van der Waals surface area contributed by atoms with Crippen molar-refractivity contribution in [3.63, 3.8) is 0 Å². The van der Waals surface area contributed by atoms with Crippen LogP contribution in [0.1, 0.15) is 51.1 Å². The molecule has 2 rings (SSSR count). The molecule has 0 N–H and O–H groups in total. The molecule has 1 fully saturated rings. The van der Waals surface area contributed by atoms with E-state index in [1.807, 2.05) is 0 Å². The van der Waals surface area contributed by atoms with Gasteiger partial charge in [0.15, 0.2) is 0 Å². The van der Waals surface area contributed by atoms with Crippen molar-refractivity contribution in [1.82, 2.24) is 0 Å². The SMILES string of the molecule is CC(C)Cc1ccc(C(Cl)C2C(C)OC(C)C2C)cc1. The van der Waals surface area contributed by atoms with Crippen LogP contribution < -0.4 is 0 Å². The van der Waals surface area contributed by atoms with E-state index in [9.17, 15) is 0 Å². The molecule has 1 aromatic rings.